The summed E-state index contributed by atoms with van der Waals surface area (Å²) < 4.78 is 22.6. The third-order valence-electron chi connectivity index (χ3n) is 5.32. The molecule has 0 aliphatic carbocycles. The highest BCUT2D eigenvalue weighted by molar-refractivity contribution is 6.21. The maximum atomic E-state index is 12.5. The molecule has 3 amide bonds. The largest absolute Gasteiger partial charge is 0.493 e. The second-order valence-electron chi connectivity index (χ2n) is 7.33. The SMILES string of the molecule is COc1ccc(-c2cc(COC(=O)C[N+]3=CN=C4C3C(=O)N(C)C(=O)N4C)no2)cc1OC. The number of hydrogen-bond acceptors (Lipinski definition) is 9. The first-order valence-electron chi connectivity index (χ1n) is 9.89. The van der Waals surface area contributed by atoms with Crippen molar-refractivity contribution >= 4 is 30.1 Å². The molecule has 1 aromatic carbocycles. The van der Waals surface area contributed by atoms with Crippen LogP contribution in [0.1, 0.15) is 5.69 Å². The number of urea groups is 1. The second-order valence-corrected chi connectivity index (χ2v) is 7.33. The Labute approximate surface area is 188 Å². The second kappa shape index (κ2) is 8.73. The molecule has 1 unspecified atom stereocenters. The van der Waals surface area contributed by atoms with Gasteiger partial charge in [0.15, 0.2) is 23.8 Å². The Kier molecular flexibility index (Phi) is 5.82. The standard InChI is InChI=1S/C21H22N5O7/c1-24-19-18(20(28)25(2)21(24)29)26(11-22-19)9-17(27)32-10-13-8-15(33-23-13)12-5-6-14(30-3)16(7-12)31-4/h5-8,11,18H,9-10H2,1-4H3/q+1. The first-order valence-corrected chi connectivity index (χ1v) is 9.89. The Hall–Kier alpha value is -4.22. The quantitative estimate of drug-likeness (QED) is 0.441. The summed E-state index contributed by atoms with van der Waals surface area (Å²) in [4.78, 5) is 43.3. The Morgan fingerprint density at radius 3 is 2.61 bits per heavy atom. The van der Waals surface area contributed by atoms with Crippen LogP contribution in [0.25, 0.3) is 11.3 Å². The van der Waals surface area contributed by atoms with Crippen LogP contribution in [-0.4, -0.2) is 90.5 Å². The molecule has 2 aliphatic heterocycles. The van der Waals surface area contributed by atoms with Crippen LogP contribution in [0.4, 0.5) is 4.79 Å². The summed E-state index contributed by atoms with van der Waals surface area (Å²) in [6.45, 7) is -0.340. The molecule has 2 aromatic rings. The number of fused-ring (bicyclic) bond motifs is 1. The summed E-state index contributed by atoms with van der Waals surface area (Å²) in [7, 11) is 5.99. The zero-order valence-electron chi connectivity index (χ0n) is 18.5. The lowest BCUT2D eigenvalue weighted by molar-refractivity contribution is -0.521. The molecule has 1 atom stereocenters. The van der Waals surface area contributed by atoms with Crippen molar-refractivity contribution in [3.63, 3.8) is 0 Å². The molecule has 1 saturated heterocycles. The van der Waals surface area contributed by atoms with E-state index in [0.29, 0.717) is 28.5 Å². The van der Waals surface area contributed by atoms with Crippen LogP contribution in [0, 0.1) is 0 Å². The fourth-order valence-corrected chi connectivity index (χ4v) is 3.53. The summed E-state index contributed by atoms with van der Waals surface area (Å²) in [5.74, 6) is 0.809. The summed E-state index contributed by atoms with van der Waals surface area (Å²) >= 11 is 0. The predicted molar refractivity (Wildman–Crippen MR) is 113 cm³/mol. The van der Waals surface area contributed by atoms with Crippen LogP contribution in [0.15, 0.2) is 33.8 Å². The number of amides is 3. The monoisotopic (exact) mass is 456 g/mol. The van der Waals surface area contributed by atoms with Crippen molar-refractivity contribution in [1.82, 2.24) is 15.0 Å². The van der Waals surface area contributed by atoms with Gasteiger partial charge in [-0.1, -0.05) is 5.16 Å². The molecule has 1 fully saturated rings. The molecule has 0 saturated carbocycles. The van der Waals surface area contributed by atoms with Gasteiger partial charge in [-0.3, -0.25) is 14.6 Å². The Bertz CT molecular complexity index is 1190. The molecule has 2 aliphatic rings. The number of nitrogens with zero attached hydrogens (tertiary/aromatic N) is 5. The first kappa shape index (κ1) is 22.0. The molecule has 12 nitrogen and oxygen atoms in total. The van der Waals surface area contributed by atoms with E-state index in [1.165, 1.54) is 37.0 Å². The fraction of sp³-hybridized carbons (Fsp3) is 0.333. The van der Waals surface area contributed by atoms with Crippen LogP contribution >= 0.6 is 0 Å². The Balaban J connectivity index is 1.37. The maximum Gasteiger partial charge on any atom is 0.348 e. The molecule has 12 heteroatoms. The van der Waals surface area contributed by atoms with Crippen LogP contribution in [0.5, 0.6) is 11.5 Å². The number of likely N-dealkylation sites (N-methyl/N-ethyl adjacent to an activating group) is 2. The van der Waals surface area contributed by atoms with Crippen molar-refractivity contribution in [1.29, 1.82) is 0 Å². The van der Waals surface area contributed by atoms with Gasteiger partial charge in [-0.05, 0) is 23.2 Å². The lowest BCUT2D eigenvalue weighted by atomic mass is 10.1. The van der Waals surface area contributed by atoms with Gasteiger partial charge < -0.3 is 18.7 Å². The zero-order valence-corrected chi connectivity index (χ0v) is 18.5. The number of ether oxygens (including phenoxy) is 3. The van der Waals surface area contributed by atoms with Crippen LogP contribution in [0.2, 0.25) is 0 Å². The minimum absolute atomic E-state index is 0.117. The molecule has 1 aromatic heterocycles. The summed E-state index contributed by atoms with van der Waals surface area (Å²) in [6, 6.07) is 5.60. The maximum absolute atomic E-state index is 12.5. The molecular formula is C21H22N5O7+. The Morgan fingerprint density at radius 2 is 1.88 bits per heavy atom. The van der Waals surface area contributed by atoms with Crippen molar-refractivity contribution < 1.29 is 37.7 Å². The van der Waals surface area contributed by atoms with E-state index in [2.05, 4.69) is 10.1 Å². The number of carbonyl (C=O) groups excluding carboxylic acids is 3. The Morgan fingerprint density at radius 1 is 1.12 bits per heavy atom. The van der Waals surface area contributed by atoms with Crippen LogP contribution < -0.4 is 9.47 Å². The van der Waals surface area contributed by atoms with Crippen molar-refractivity contribution in [2.75, 3.05) is 34.9 Å². The first-order chi connectivity index (χ1) is 15.8. The van der Waals surface area contributed by atoms with E-state index in [-0.39, 0.29) is 19.0 Å². The molecule has 0 bridgehead atoms. The number of esters is 1. The van der Waals surface area contributed by atoms with Gasteiger partial charge in [-0.2, -0.15) is 0 Å². The number of rotatable bonds is 7. The number of hydrogen-bond donors (Lipinski definition) is 0. The number of carbonyl (C=O) groups is 3. The van der Waals surface area contributed by atoms with E-state index in [0.717, 1.165) is 4.90 Å². The summed E-state index contributed by atoms with van der Waals surface area (Å²) in [5, 5.41) is 3.93. The summed E-state index contributed by atoms with van der Waals surface area (Å²) in [6.07, 6.45) is 1.35. The molecule has 0 spiro atoms. The van der Waals surface area contributed by atoms with Crippen molar-refractivity contribution in [3.05, 3.63) is 30.0 Å². The minimum Gasteiger partial charge on any atom is -0.493 e. The molecule has 0 N–H and O–H groups in total. The molecule has 4 rings (SSSR count). The third kappa shape index (κ3) is 4.02. The summed E-state index contributed by atoms with van der Waals surface area (Å²) in [5.41, 5.74) is 1.13. The van der Waals surface area contributed by atoms with Crippen molar-refractivity contribution in [3.8, 4) is 22.8 Å². The topological polar surface area (TPSA) is 127 Å². The smallest absolute Gasteiger partial charge is 0.348 e. The normalized spacial score (nSPS) is 17.5. The van der Waals surface area contributed by atoms with Gasteiger partial charge in [-0.25, -0.2) is 14.2 Å². The molecule has 3 heterocycles. The van der Waals surface area contributed by atoms with E-state index in [4.69, 9.17) is 18.7 Å². The fourth-order valence-electron chi connectivity index (χ4n) is 3.53. The molecule has 33 heavy (non-hydrogen) atoms. The number of aromatic nitrogens is 1. The third-order valence-corrected chi connectivity index (χ3v) is 5.32. The lowest BCUT2D eigenvalue weighted by Crippen LogP contribution is -2.61. The van der Waals surface area contributed by atoms with E-state index >= 15 is 0 Å². The van der Waals surface area contributed by atoms with Crippen molar-refractivity contribution in [2.24, 2.45) is 4.99 Å². The highest BCUT2D eigenvalue weighted by Crippen LogP contribution is 2.32. The zero-order chi connectivity index (χ0) is 23.7. The van der Waals surface area contributed by atoms with E-state index in [1.807, 2.05) is 0 Å². The lowest BCUT2D eigenvalue weighted by Gasteiger charge is -2.30. The molecule has 0 radical (unpaired) electrons. The van der Waals surface area contributed by atoms with Crippen LogP contribution in [0.3, 0.4) is 0 Å². The van der Waals surface area contributed by atoms with Gasteiger partial charge in [0.1, 0.15) is 12.3 Å². The highest BCUT2D eigenvalue weighted by Gasteiger charge is 2.50. The van der Waals surface area contributed by atoms with Gasteiger partial charge in [0.2, 0.25) is 0 Å². The van der Waals surface area contributed by atoms with Gasteiger partial charge >= 0.3 is 12.0 Å². The highest BCUT2D eigenvalue weighted by atomic mass is 16.5. The van der Waals surface area contributed by atoms with Gasteiger partial charge in [-0.15, -0.1) is 0 Å². The van der Waals surface area contributed by atoms with E-state index in [9.17, 15) is 14.4 Å². The van der Waals surface area contributed by atoms with E-state index in [1.54, 1.807) is 31.4 Å². The van der Waals surface area contributed by atoms with Crippen LogP contribution in [-0.2, 0) is 20.9 Å². The van der Waals surface area contributed by atoms with Crippen molar-refractivity contribution in [2.45, 2.75) is 12.6 Å². The number of methoxy groups -OCH3 is 2. The van der Waals surface area contributed by atoms with E-state index < -0.39 is 23.9 Å². The molecule has 172 valence electrons. The number of imide groups is 1. The molecular weight excluding hydrogens is 434 g/mol. The average molecular weight is 456 g/mol. The number of benzene rings is 1. The van der Waals surface area contributed by atoms with Gasteiger partial charge in [0.05, 0.1) is 14.2 Å². The van der Waals surface area contributed by atoms with Gasteiger partial charge in [0, 0.05) is 25.7 Å². The van der Waals surface area contributed by atoms with Gasteiger partial charge in [0.25, 0.3) is 24.1 Å². The average Bonchev–Trinajstić information content (AvgIpc) is 3.47. The number of amidine groups is 1. The predicted octanol–water partition coefficient (Wildman–Crippen LogP) is 0.747. The number of aliphatic imine (C=N–C) groups is 1. The minimum atomic E-state index is -0.853.